The highest BCUT2D eigenvalue weighted by atomic mass is 16.6. The van der Waals surface area contributed by atoms with Gasteiger partial charge in [-0.25, -0.2) is 4.98 Å². The molecule has 8 nitrogen and oxygen atoms in total. The van der Waals surface area contributed by atoms with Crippen molar-refractivity contribution in [3.63, 3.8) is 0 Å². The normalized spacial score (nSPS) is 25.0. The van der Waals surface area contributed by atoms with E-state index in [9.17, 15) is 15.2 Å². The largest absolute Gasteiger partial charge is 0.356 e. The molecule has 2 aromatic heterocycles. The van der Waals surface area contributed by atoms with Crippen LogP contribution in [0, 0.1) is 29.1 Å². The van der Waals surface area contributed by atoms with Crippen molar-refractivity contribution >= 4 is 11.4 Å². The van der Waals surface area contributed by atoms with Crippen LogP contribution in [0.1, 0.15) is 46.1 Å². The second-order valence-electron chi connectivity index (χ2n) is 9.83. The number of aromatic nitrogens is 2. The number of carbonyl (C=O) groups is 1. The summed E-state index contributed by atoms with van der Waals surface area (Å²) in [5, 5.41) is 22.8. The molecule has 3 heterocycles. The number of amides is 1. The summed E-state index contributed by atoms with van der Waals surface area (Å²) < 4.78 is 7.48. The van der Waals surface area contributed by atoms with Crippen molar-refractivity contribution in [1.29, 1.82) is 5.26 Å². The van der Waals surface area contributed by atoms with E-state index in [1.54, 1.807) is 0 Å². The van der Waals surface area contributed by atoms with E-state index in [0.29, 0.717) is 24.6 Å². The van der Waals surface area contributed by atoms with Crippen LogP contribution in [-0.4, -0.2) is 50.4 Å². The Hall–Kier alpha value is -2.47. The Morgan fingerprint density at radius 3 is 2.57 bits per heavy atom. The highest BCUT2D eigenvalue weighted by Crippen LogP contribution is 2.52. The van der Waals surface area contributed by atoms with Gasteiger partial charge in [0.1, 0.15) is 11.9 Å². The molecular weight excluding hydrogens is 382 g/mol. The molecule has 4 rings (SSSR count). The van der Waals surface area contributed by atoms with Gasteiger partial charge in [0, 0.05) is 25.2 Å². The van der Waals surface area contributed by atoms with E-state index >= 15 is 0 Å². The van der Waals surface area contributed by atoms with Crippen molar-refractivity contribution in [3.05, 3.63) is 35.9 Å². The molecule has 8 heteroatoms. The van der Waals surface area contributed by atoms with E-state index in [1.165, 1.54) is 0 Å². The molecule has 1 amide bonds. The van der Waals surface area contributed by atoms with Crippen LogP contribution in [0.5, 0.6) is 0 Å². The maximum absolute atomic E-state index is 13.0. The van der Waals surface area contributed by atoms with Crippen molar-refractivity contribution in [2.75, 3.05) is 13.1 Å². The molecule has 1 aliphatic carbocycles. The second kappa shape index (κ2) is 7.05. The molecule has 2 fully saturated rings. The smallest absolute Gasteiger partial charge is 0.224 e. The summed E-state index contributed by atoms with van der Waals surface area (Å²) in [4.78, 5) is 19.4. The Labute approximate surface area is 176 Å². The van der Waals surface area contributed by atoms with Crippen LogP contribution in [0.25, 0.3) is 5.52 Å². The predicted octanol–water partition coefficient (Wildman–Crippen LogP) is 1.83. The average molecular weight is 412 g/mol. The minimum absolute atomic E-state index is 0.00734. The monoisotopic (exact) mass is 411 g/mol. The average Bonchev–Trinajstić information content (AvgIpc) is 3.01. The summed E-state index contributed by atoms with van der Waals surface area (Å²) in [5.74, 6) is 1.01. The fourth-order valence-electron chi connectivity index (χ4n) is 4.53. The Morgan fingerprint density at radius 2 is 1.97 bits per heavy atom. The molecule has 0 bridgehead atoms. The number of imidazole rings is 1. The number of carbonyl (C=O) groups excluding carboxylic acids is 1. The molecule has 1 saturated carbocycles. The number of hydrogen-bond donors (Lipinski definition) is 2. The van der Waals surface area contributed by atoms with Crippen LogP contribution in [0.2, 0.25) is 0 Å². The molecule has 1 aliphatic heterocycles. The van der Waals surface area contributed by atoms with Crippen molar-refractivity contribution in [2.24, 2.45) is 17.8 Å². The van der Waals surface area contributed by atoms with Crippen LogP contribution in [0.4, 0.5) is 0 Å². The third kappa shape index (κ3) is 3.69. The zero-order chi connectivity index (χ0) is 21.8. The third-order valence-corrected chi connectivity index (χ3v) is 5.95. The number of likely N-dealkylation sites (tertiary alicyclic amines) is 1. The topological polar surface area (TPSA) is 103 Å². The lowest BCUT2D eigenvalue weighted by atomic mass is 10.0. The number of aliphatic hydroxyl groups excluding tert-OH is 1. The first-order valence-electron chi connectivity index (χ1n) is 10.3. The van der Waals surface area contributed by atoms with Crippen molar-refractivity contribution in [2.45, 2.75) is 52.2 Å². The number of nitrogens with zero attached hydrogens (tertiary/aromatic N) is 4. The number of piperidine rings is 1. The summed E-state index contributed by atoms with van der Waals surface area (Å²) in [6.07, 6.45) is 0.908. The van der Waals surface area contributed by atoms with E-state index in [2.05, 4.69) is 16.4 Å². The van der Waals surface area contributed by atoms with Gasteiger partial charge >= 0.3 is 0 Å². The van der Waals surface area contributed by atoms with Crippen LogP contribution in [-0.2, 0) is 15.1 Å². The van der Waals surface area contributed by atoms with Gasteiger partial charge in [0.2, 0.25) is 12.3 Å². The third-order valence-electron chi connectivity index (χ3n) is 5.95. The minimum atomic E-state index is -0.946. The standard InChI is InChI=1S/C22H29N5O3/c1-21(2,3)30-20(29)26-11-13-14(12-26)17(13)18(28)25-22(4,5)19-24-15(10-23)16-8-6-7-9-27(16)19/h6-9,13-14,17,20,29H,11-12H2,1-5H3,(H,25,28)/t13-,14+,17+,20?. The first kappa shape index (κ1) is 20.8. The zero-order valence-corrected chi connectivity index (χ0v) is 18.1. The Bertz CT molecular complexity index is 1000. The number of pyridine rings is 1. The van der Waals surface area contributed by atoms with Crippen molar-refractivity contribution in [3.8, 4) is 6.07 Å². The number of aliphatic hydroxyl groups is 1. The number of nitriles is 1. The predicted molar refractivity (Wildman–Crippen MR) is 110 cm³/mol. The van der Waals surface area contributed by atoms with Gasteiger partial charge in [0.15, 0.2) is 5.69 Å². The van der Waals surface area contributed by atoms with Crippen LogP contribution in [0.3, 0.4) is 0 Å². The number of hydrogen-bond acceptors (Lipinski definition) is 6. The maximum atomic E-state index is 13.0. The second-order valence-corrected chi connectivity index (χ2v) is 9.83. The number of ether oxygens (including phenoxy) is 1. The highest BCUT2D eigenvalue weighted by Gasteiger charge is 2.60. The highest BCUT2D eigenvalue weighted by molar-refractivity contribution is 5.83. The van der Waals surface area contributed by atoms with Crippen LogP contribution in [0.15, 0.2) is 24.4 Å². The summed E-state index contributed by atoms with van der Waals surface area (Å²) in [5.41, 5.74) is -0.0896. The van der Waals surface area contributed by atoms with Gasteiger partial charge in [-0.1, -0.05) is 6.07 Å². The van der Waals surface area contributed by atoms with E-state index in [1.807, 2.05) is 68.3 Å². The SMILES string of the molecule is CC(C)(C)OC(O)N1C[C@@H]2[C@H](C1)[C@H]2C(=O)NC(C)(C)c1nc(C#N)c2ccccn12. The molecular formula is C22H29N5O3. The van der Waals surface area contributed by atoms with E-state index in [4.69, 9.17) is 4.74 Å². The molecule has 4 atom stereocenters. The van der Waals surface area contributed by atoms with Gasteiger partial charge in [0.25, 0.3) is 0 Å². The van der Waals surface area contributed by atoms with Gasteiger partial charge in [-0.05, 0) is 58.6 Å². The molecule has 1 saturated heterocycles. The fraction of sp³-hybridized carbons (Fsp3) is 0.591. The number of nitrogens with one attached hydrogen (secondary N) is 1. The molecule has 2 aromatic rings. The Balaban J connectivity index is 1.42. The summed E-state index contributed by atoms with van der Waals surface area (Å²) in [6.45, 7) is 10.8. The summed E-state index contributed by atoms with van der Waals surface area (Å²) >= 11 is 0. The lowest BCUT2D eigenvalue weighted by Gasteiger charge is -2.31. The molecule has 0 spiro atoms. The van der Waals surface area contributed by atoms with Crippen LogP contribution < -0.4 is 5.32 Å². The Kier molecular flexibility index (Phi) is 4.88. The zero-order valence-electron chi connectivity index (χ0n) is 18.1. The van der Waals surface area contributed by atoms with Gasteiger partial charge in [-0.15, -0.1) is 0 Å². The van der Waals surface area contributed by atoms with Gasteiger partial charge in [-0.2, -0.15) is 5.26 Å². The Morgan fingerprint density at radius 1 is 1.30 bits per heavy atom. The summed E-state index contributed by atoms with van der Waals surface area (Å²) in [7, 11) is 0. The van der Waals surface area contributed by atoms with Crippen LogP contribution >= 0.6 is 0 Å². The van der Waals surface area contributed by atoms with Gasteiger partial charge in [0.05, 0.1) is 16.7 Å². The van der Waals surface area contributed by atoms with E-state index < -0.39 is 17.6 Å². The molecule has 2 aliphatic rings. The summed E-state index contributed by atoms with van der Waals surface area (Å²) in [6, 6.07) is 7.71. The number of fused-ring (bicyclic) bond motifs is 2. The molecule has 1 unspecified atom stereocenters. The van der Waals surface area contributed by atoms with E-state index in [0.717, 1.165) is 5.52 Å². The molecule has 30 heavy (non-hydrogen) atoms. The van der Waals surface area contributed by atoms with E-state index in [-0.39, 0.29) is 23.7 Å². The lowest BCUT2D eigenvalue weighted by molar-refractivity contribution is -0.236. The van der Waals surface area contributed by atoms with Gasteiger partial charge < -0.3 is 19.6 Å². The lowest BCUT2D eigenvalue weighted by Crippen LogP contribution is -2.46. The molecule has 160 valence electrons. The molecule has 0 radical (unpaired) electrons. The maximum Gasteiger partial charge on any atom is 0.224 e. The van der Waals surface area contributed by atoms with Crippen molar-refractivity contribution in [1.82, 2.24) is 19.6 Å². The number of rotatable bonds is 5. The quantitative estimate of drug-likeness (QED) is 0.728. The van der Waals surface area contributed by atoms with Crippen molar-refractivity contribution < 1.29 is 14.6 Å². The minimum Gasteiger partial charge on any atom is -0.356 e. The molecule has 0 aromatic carbocycles. The first-order chi connectivity index (χ1) is 14.0. The first-order valence-corrected chi connectivity index (χ1v) is 10.3. The molecule has 2 N–H and O–H groups in total. The van der Waals surface area contributed by atoms with Gasteiger partial charge in [-0.3, -0.25) is 9.69 Å². The fourth-order valence-corrected chi connectivity index (χ4v) is 4.53.